The zero-order chi connectivity index (χ0) is 11.4. The standard InChI is InChI=1S/C11H26N2O/c1-9(2)6-13(10(3)4)8-11(5,14)7-12/h9-10,14H,6-8,12H2,1-5H3. The van der Waals surface area contributed by atoms with Crippen molar-refractivity contribution >= 4 is 0 Å². The first-order chi connectivity index (χ1) is 6.28. The summed E-state index contributed by atoms with van der Waals surface area (Å²) in [6.07, 6.45) is 0. The molecule has 3 heteroatoms. The molecule has 0 radical (unpaired) electrons. The molecule has 0 saturated carbocycles. The zero-order valence-electron chi connectivity index (χ0n) is 10.2. The normalized spacial score (nSPS) is 16.7. The Kier molecular flexibility index (Phi) is 5.64. The van der Waals surface area contributed by atoms with E-state index >= 15 is 0 Å². The fourth-order valence-corrected chi connectivity index (χ4v) is 1.43. The highest BCUT2D eigenvalue weighted by molar-refractivity contribution is 4.80. The van der Waals surface area contributed by atoms with E-state index in [1.165, 1.54) is 0 Å². The molecule has 0 bridgehead atoms. The molecule has 0 saturated heterocycles. The summed E-state index contributed by atoms with van der Waals surface area (Å²) in [5, 5.41) is 9.89. The molecule has 0 amide bonds. The summed E-state index contributed by atoms with van der Waals surface area (Å²) in [6, 6.07) is 0.454. The van der Waals surface area contributed by atoms with Gasteiger partial charge in [0.2, 0.25) is 0 Å². The molecule has 3 N–H and O–H groups in total. The molecule has 0 fully saturated rings. The number of hydrogen-bond donors (Lipinski definition) is 2. The number of nitrogens with two attached hydrogens (primary N) is 1. The lowest BCUT2D eigenvalue weighted by Gasteiger charge is -2.34. The van der Waals surface area contributed by atoms with Crippen molar-refractivity contribution in [2.75, 3.05) is 19.6 Å². The van der Waals surface area contributed by atoms with Gasteiger partial charge in [-0.1, -0.05) is 13.8 Å². The molecule has 14 heavy (non-hydrogen) atoms. The summed E-state index contributed by atoms with van der Waals surface area (Å²) in [6.45, 7) is 12.4. The van der Waals surface area contributed by atoms with E-state index in [9.17, 15) is 5.11 Å². The fraction of sp³-hybridized carbons (Fsp3) is 1.00. The van der Waals surface area contributed by atoms with E-state index in [1.54, 1.807) is 6.92 Å². The minimum Gasteiger partial charge on any atom is -0.388 e. The van der Waals surface area contributed by atoms with Crippen LogP contribution in [0.1, 0.15) is 34.6 Å². The molecule has 1 unspecified atom stereocenters. The number of aliphatic hydroxyl groups is 1. The van der Waals surface area contributed by atoms with E-state index < -0.39 is 5.60 Å². The highest BCUT2D eigenvalue weighted by Gasteiger charge is 2.24. The van der Waals surface area contributed by atoms with Crippen molar-refractivity contribution in [1.82, 2.24) is 4.90 Å². The molecule has 0 aliphatic carbocycles. The van der Waals surface area contributed by atoms with Crippen molar-refractivity contribution in [3.8, 4) is 0 Å². The molecule has 86 valence electrons. The second-order valence-electron chi connectivity index (χ2n) is 5.12. The van der Waals surface area contributed by atoms with Crippen molar-refractivity contribution in [3.63, 3.8) is 0 Å². The van der Waals surface area contributed by atoms with E-state index in [-0.39, 0.29) is 0 Å². The van der Waals surface area contributed by atoms with Crippen molar-refractivity contribution in [2.45, 2.75) is 46.3 Å². The number of nitrogens with zero attached hydrogens (tertiary/aromatic N) is 1. The van der Waals surface area contributed by atoms with Gasteiger partial charge >= 0.3 is 0 Å². The molecule has 0 aromatic carbocycles. The molecule has 0 aromatic heterocycles. The van der Waals surface area contributed by atoms with Crippen LogP contribution in [0.2, 0.25) is 0 Å². The van der Waals surface area contributed by atoms with Gasteiger partial charge in [0, 0.05) is 25.7 Å². The maximum atomic E-state index is 9.89. The fourth-order valence-electron chi connectivity index (χ4n) is 1.43. The van der Waals surface area contributed by atoms with Gasteiger partial charge in [0.15, 0.2) is 0 Å². The van der Waals surface area contributed by atoms with Gasteiger partial charge in [0.1, 0.15) is 0 Å². The SMILES string of the molecule is CC(C)CN(CC(C)(O)CN)C(C)C. The summed E-state index contributed by atoms with van der Waals surface area (Å²) < 4.78 is 0. The maximum absolute atomic E-state index is 9.89. The van der Waals surface area contributed by atoms with Gasteiger partial charge in [0.25, 0.3) is 0 Å². The number of rotatable bonds is 6. The third kappa shape index (κ3) is 5.58. The van der Waals surface area contributed by atoms with Crippen LogP contribution in [0.4, 0.5) is 0 Å². The van der Waals surface area contributed by atoms with Crippen LogP contribution in [0.25, 0.3) is 0 Å². The van der Waals surface area contributed by atoms with Crippen LogP contribution >= 0.6 is 0 Å². The summed E-state index contributed by atoms with van der Waals surface area (Å²) in [5.41, 5.74) is 4.74. The van der Waals surface area contributed by atoms with Gasteiger partial charge in [-0.15, -0.1) is 0 Å². The average Bonchev–Trinajstić information content (AvgIpc) is 2.02. The lowest BCUT2D eigenvalue weighted by molar-refractivity contribution is 0.0136. The Bertz CT molecular complexity index is 155. The lowest BCUT2D eigenvalue weighted by Crippen LogP contribution is -2.49. The van der Waals surface area contributed by atoms with E-state index in [4.69, 9.17) is 5.73 Å². The molecular weight excluding hydrogens is 176 g/mol. The lowest BCUT2D eigenvalue weighted by atomic mass is 10.0. The van der Waals surface area contributed by atoms with Crippen molar-refractivity contribution < 1.29 is 5.11 Å². The Morgan fingerprint density at radius 3 is 2.07 bits per heavy atom. The van der Waals surface area contributed by atoms with Crippen molar-refractivity contribution in [1.29, 1.82) is 0 Å². The zero-order valence-corrected chi connectivity index (χ0v) is 10.2. The Labute approximate surface area is 88.3 Å². The smallest absolute Gasteiger partial charge is 0.0867 e. The van der Waals surface area contributed by atoms with Crippen LogP contribution in [-0.2, 0) is 0 Å². The molecule has 0 aromatic rings. The van der Waals surface area contributed by atoms with Crippen LogP contribution in [-0.4, -0.2) is 41.3 Å². The number of hydrogen-bond acceptors (Lipinski definition) is 3. The Balaban J connectivity index is 4.23. The van der Waals surface area contributed by atoms with Crippen LogP contribution in [0.15, 0.2) is 0 Å². The van der Waals surface area contributed by atoms with Crippen LogP contribution in [0, 0.1) is 5.92 Å². The summed E-state index contributed by atoms with van der Waals surface area (Å²) in [7, 11) is 0. The first kappa shape index (κ1) is 13.9. The molecule has 0 heterocycles. The largest absolute Gasteiger partial charge is 0.388 e. The van der Waals surface area contributed by atoms with Crippen LogP contribution < -0.4 is 5.73 Å². The van der Waals surface area contributed by atoms with Gasteiger partial charge in [0.05, 0.1) is 5.60 Å². The summed E-state index contributed by atoms with van der Waals surface area (Å²) >= 11 is 0. The minimum atomic E-state index is -0.765. The van der Waals surface area contributed by atoms with E-state index in [1.807, 2.05) is 0 Å². The predicted octanol–water partition coefficient (Wildman–Crippen LogP) is 1.06. The van der Waals surface area contributed by atoms with Crippen LogP contribution in [0.3, 0.4) is 0 Å². The van der Waals surface area contributed by atoms with Gasteiger partial charge in [-0.05, 0) is 26.7 Å². The van der Waals surface area contributed by atoms with Gasteiger partial charge in [-0.2, -0.15) is 0 Å². The summed E-state index contributed by atoms with van der Waals surface area (Å²) in [5.74, 6) is 0.617. The molecule has 3 nitrogen and oxygen atoms in total. The van der Waals surface area contributed by atoms with Gasteiger partial charge in [-0.25, -0.2) is 0 Å². The second-order valence-corrected chi connectivity index (χ2v) is 5.12. The minimum absolute atomic E-state index is 0.314. The second kappa shape index (κ2) is 5.69. The van der Waals surface area contributed by atoms with Crippen molar-refractivity contribution in [2.24, 2.45) is 11.7 Å². The Morgan fingerprint density at radius 1 is 1.29 bits per heavy atom. The molecule has 0 spiro atoms. The first-order valence-electron chi connectivity index (χ1n) is 5.45. The molecule has 0 rings (SSSR count). The quantitative estimate of drug-likeness (QED) is 0.677. The van der Waals surface area contributed by atoms with E-state index in [0.717, 1.165) is 6.54 Å². The highest BCUT2D eigenvalue weighted by Crippen LogP contribution is 2.10. The maximum Gasteiger partial charge on any atom is 0.0867 e. The summed E-state index contributed by atoms with van der Waals surface area (Å²) in [4.78, 5) is 2.28. The first-order valence-corrected chi connectivity index (χ1v) is 5.45. The molecule has 0 aliphatic heterocycles. The monoisotopic (exact) mass is 202 g/mol. The highest BCUT2D eigenvalue weighted by atomic mass is 16.3. The van der Waals surface area contributed by atoms with Gasteiger partial charge in [-0.3, -0.25) is 4.90 Å². The average molecular weight is 202 g/mol. The Morgan fingerprint density at radius 2 is 1.79 bits per heavy atom. The van der Waals surface area contributed by atoms with E-state index in [0.29, 0.717) is 25.0 Å². The molecular formula is C11H26N2O. The van der Waals surface area contributed by atoms with Crippen molar-refractivity contribution in [3.05, 3.63) is 0 Å². The van der Waals surface area contributed by atoms with Gasteiger partial charge < -0.3 is 10.8 Å². The molecule has 0 aliphatic rings. The van der Waals surface area contributed by atoms with E-state index in [2.05, 4.69) is 32.6 Å². The topological polar surface area (TPSA) is 49.5 Å². The third-order valence-corrected chi connectivity index (χ3v) is 2.31. The molecule has 1 atom stereocenters. The predicted molar refractivity (Wildman–Crippen MR) is 61.2 cm³/mol. The third-order valence-electron chi connectivity index (χ3n) is 2.31. The Hall–Kier alpha value is -0.120. The van der Waals surface area contributed by atoms with Crippen LogP contribution in [0.5, 0.6) is 0 Å².